The van der Waals surface area contributed by atoms with Crippen LogP contribution in [0.4, 0.5) is 8.78 Å². The van der Waals surface area contributed by atoms with Crippen molar-refractivity contribution in [3.8, 4) is 44.9 Å². The maximum atomic E-state index is 13.6. The molecule has 4 aliphatic heterocycles. The van der Waals surface area contributed by atoms with Crippen LogP contribution in [-0.2, 0) is 66.3 Å². The Bertz CT molecular complexity index is 6620. The summed E-state index contributed by atoms with van der Waals surface area (Å²) >= 11 is 0. The SMILES string of the molecule is C[C@@H]1CC(Cn2ccc3cc(-c4cn[nH]c4)ccc32)CN1S(=O)(=O)c1ccccc1.C[C@H]1CC(Cn2ccc3cc(-c4cn[nH]n4)ccc32)CN1S(=O)(=O)c1ccc(F)cc1.C[C@H]1CC(Cn2ccc3cc(-c4cn[nH]n4)ccc32)CN1S(=O)(=O)c1cccc(F)c1.C[C@H]1CC(Cn2ccc3cc(-c4cn[nH]n4)ccc32)CN1S(=O)(=O)c1ccccc1. The number of sulfonamides is 4. The highest BCUT2D eigenvalue weighted by Crippen LogP contribution is 2.39. The molecule has 628 valence electrons. The van der Waals surface area contributed by atoms with Gasteiger partial charge in [0.05, 0.1) is 44.4 Å². The number of hydrogen-bond donors (Lipinski definition) is 4. The average Bonchev–Trinajstić information content (AvgIpc) is 1.65. The van der Waals surface area contributed by atoms with Crippen LogP contribution in [-0.4, -0.2) is 176 Å². The number of H-pyrrole nitrogens is 4. The first-order valence-electron chi connectivity index (χ1n) is 40.5. The van der Waals surface area contributed by atoms with Crippen LogP contribution in [0, 0.1) is 35.3 Å². The van der Waals surface area contributed by atoms with E-state index in [4.69, 9.17) is 0 Å². The summed E-state index contributed by atoms with van der Waals surface area (Å²) in [4.78, 5) is 0.875. The zero-order valence-electron chi connectivity index (χ0n) is 67.3. The van der Waals surface area contributed by atoms with Crippen molar-refractivity contribution in [2.75, 3.05) is 26.2 Å². The van der Waals surface area contributed by atoms with Gasteiger partial charge in [-0.25, -0.2) is 42.5 Å². The molecule has 122 heavy (non-hydrogen) atoms. The lowest BCUT2D eigenvalue weighted by molar-refractivity contribution is 0.399. The molecule has 4 aliphatic rings. The van der Waals surface area contributed by atoms with Gasteiger partial charge in [0.1, 0.15) is 28.7 Å². The molecule has 0 saturated carbocycles. The minimum absolute atomic E-state index is 0.00488. The summed E-state index contributed by atoms with van der Waals surface area (Å²) in [6.45, 7) is 12.8. The van der Waals surface area contributed by atoms with E-state index >= 15 is 0 Å². The zero-order chi connectivity index (χ0) is 84.6. The third-order valence-corrected chi connectivity index (χ3v) is 31.8. The first kappa shape index (κ1) is 82.4. The van der Waals surface area contributed by atoms with Gasteiger partial charge < -0.3 is 18.3 Å². The second-order valence-corrected chi connectivity index (χ2v) is 39.7. The predicted octanol–water partition coefficient (Wildman–Crippen LogP) is 15.0. The van der Waals surface area contributed by atoms with Crippen LogP contribution in [0.15, 0.2) is 282 Å². The largest absolute Gasteiger partial charge is 0.347 e. The zero-order valence-corrected chi connectivity index (χ0v) is 70.6. The van der Waals surface area contributed by atoms with E-state index in [2.05, 4.69) is 166 Å². The van der Waals surface area contributed by atoms with Gasteiger partial charge in [-0.2, -0.15) is 68.6 Å². The first-order valence-corrected chi connectivity index (χ1v) is 46.3. The molecular formula is C89H91F2N19O8S4. The molecule has 4 fully saturated rings. The topological polar surface area (TPSA) is 323 Å². The van der Waals surface area contributed by atoms with Crippen molar-refractivity contribution in [1.29, 1.82) is 0 Å². The monoisotopic (exact) mass is 1720 g/mol. The van der Waals surface area contributed by atoms with E-state index in [-0.39, 0.29) is 57.6 Å². The van der Waals surface area contributed by atoms with Gasteiger partial charge in [0.25, 0.3) is 0 Å². The van der Waals surface area contributed by atoms with Crippen LogP contribution in [0.25, 0.3) is 88.5 Å². The summed E-state index contributed by atoms with van der Waals surface area (Å²) in [5.74, 6) is -0.0853. The van der Waals surface area contributed by atoms with Gasteiger partial charge in [0, 0.05) is 173 Å². The molecule has 0 amide bonds. The Kier molecular flexibility index (Phi) is 23.3. The van der Waals surface area contributed by atoms with Crippen LogP contribution >= 0.6 is 0 Å². The number of rotatable bonds is 20. The molecule has 0 spiro atoms. The number of aromatic nitrogens is 15. The summed E-state index contributed by atoms with van der Waals surface area (Å²) in [5.41, 5.74) is 12.1. The molecule has 8 aromatic heterocycles. The van der Waals surface area contributed by atoms with Crippen molar-refractivity contribution in [1.82, 2.24) is 91.9 Å². The van der Waals surface area contributed by atoms with Crippen molar-refractivity contribution in [2.24, 2.45) is 23.7 Å². The second kappa shape index (κ2) is 34.5. The highest BCUT2D eigenvalue weighted by atomic mass is 32.2. The minimum atomic E-state index is -3.73. The smallest absolute Gasteiger partial charge is 0.243 e. The van der Waals surface area contributed by atoms with Gasteiger partial charge in [0.2, 0.25) is 40.1 Å². The van der Waals surface area contributed by atoms with E-state index in [0.717, 1.165) is 129 Å². The Balaban J connectivity index is 0.000000116. The minimum Gasteiger partial charge on any atom is -0.347 e. The van der Waals surface area contributed by atoms with Crippen molar-refractivity contribution in [3.05, 3.63) is 274 Å². The predicted molar refractivity (Wildman–Crippen MR) is 463 cm³/mol. The van der Waals surface area contributed by atoms with Crippen LogP contribution in [0.1, 0.15) is 53.4 Å². The van der Waals surface area contributed by atoms with Crippen molar-refractivity contribution in [2.45, 2.75) is 123 Å². The maximum absolute atomic E-state index is 13.6. The highest BCUT2D eigenvalue weighted by Gasteiger charge is 2.42. The summed E-state index contributed by atoms with van der Waals surface area (Å²) < 4.78 is 146. The van der Waals surface area contributed by atoms with Crippen molar-refractivity contribution in [3.63, 3.8) is 0 Å². The van der Waals surface area contributed by atoms with Gasteiger partial charge >= 0.3 is 0 Å². The quantitative estimate of drug-likeness (QED) is 0.0551. The molecule has 4 unspecified atom stereocenters. The van der Waals surface area contributed by atoms with Crippen molar-refractivity contribution < 1.29 is 42.5 Å². The third kappa shape index (κ3) is 17.2. The van der Waals surface area contributed by atoms with Crippen molar-refractivity contribution >= 4 is 83.7 Å². The summed E-state index contributed by atoms with van der Waals surface area (Å²) in [5, 5.41) is 43.3. The lowest BCUT2D eigenvalue weighted by Gasteiger charge is -2.21. The molecule has 33 heteroatoms. The van der Waals surface area contributed by atoms with Gasteiger partial charge in [-0.15, -0.1) is 0 Å². The molecule has 8 atom stereocenters. The fourth-order valence-corrected chi connectivity index (χ4v) is 24.8. The lowest BCUT2D eigenvalue weighted by Crippen LogP contribution is -2.34. The van der Waals surface area contributed by atoms with E-state index in [1.165, 1.54) is 57.7 Å². The number of nitrogens with one attached hydrogen (secondary N) is 4. The number of fused-ring (bicyclic) bond motifs is 4. The highest BCUT2D eigenvalue weighted by molar-refractivity contribution is 7.90. The summed E-state index contributed by atoms with van der Waals surface area (Å²) in [7, 11) is -14.3. The Morgan fingerprint density at radius 3 is 0.959 bits per heavy atom. The van der Waals surface area contributed by atoms with Crippen LogP contribution in [0.3, 0.4) is 0 Å². The number of hydrogen-bond acceptors (Lipinski definition) is 15. The molecule has 0 aliphatic carbocycles. The maximum Gasteiger partial charge on any atom is 0.243 e. The molecule has 8 aromatic carbocycles. The van der Waals surface area contributed by atoms with Gasteiger partial charge in [-0.3, -0.25) is 5.10 Å². The Hall–Kier alpha value is -12.0. The van der Waals surface area contributed by atoms with E-state index in [1.54, 1.807) is 80.0 Å². The van der Waals surface area contributed by atoms with E-state index in [9.17, 15) is 42.5 Å². The lowest BCUT2D eigenvalue weighted by atomic mass is 10.1. The normalized spacial score (nSPS) is 20.0. The molecule has 4 N–H and O–H groups in total. The van der Waals surface area contributed by atoms with Gasteiger partial charge in [-0.1, -0.05) is 66.7 Å². The average molecular weight is 1720 g/mol. The molecule has 4 saturated heterocycles. The Morgan fingerprint density at radius 1 is 0.320 bits per heavy atom. The number of benzene rings is 8. The number of halogens is 2. The molecule has 20 rings (SSSR count). The fourth-order valence-electron chi connectivity index (χ4n) is 17.9. The fraction of sp³-hybridized carbons (Fsp3) is 0.270. The third-order valence-electron chi connectivity index (χ3n) is 23.8. The standard InChI is InChI=1S/C23H24N4O2S.2C22H22FN5O2S.C22H23N5O2S/c1-17-11-18(16-27(17)30(28,29)22-5-3-2-4-6-22)15-26-10-9-20-12-19(7-8-23(20)26)21-13-24-25-14-21;1-15-10-16(14-28(15)31(29,30)20-5-3-19(23)4-6-20)13-27-9-8-18-11-17(2-7-22(18)27)21-12-24-26-25-21;1-15-9-16(14-28(15)31(29,30)20-4-2-3-19(23)11-20)13-27-8-7-18-10-17(5-6-22(18)27)21-12-24-26-25-21;1-16-11-17(15-27(16)30(28,29)20-5-3-2-4-6-20)14-26-10-9-19-12-18(7-8-22(19)26)21-13-23-25-24-21/h2-10,12-14,17-18H,11,15-16H2,1H3,(H,24,25);2-9,11-12,15-16H,10,13-14H2,1H3,(H,24,25,26);2-8,10-12,15-16H,9,13-14H2,1H3,(H,24,25,26);2-10,12-13,16-17H,11,14-15H2,1H3,(H,23,24,25)/t17-,18?;2*15-,16?;16-,17?/m1000/s1. The van der Waals surface area contributed by atoms with Crippen LogP contribution in [0.5, 0.6) is 0 Å². The van der Waals surface area contributed by atoms with Crippen LogP contribution < -0.4 is 0 Å². The summed E-state index contributed by atoms with van der Waals surface area (Å²) in [6.07, 6.45) is 20.3. The van der Waals surface area contributed by atoms with Crippen LogP contribution in [0.2, 0.25) is 0 Å². The molecular weight excluding hydrogens is 1630 g/mol. The number of nitrogens with zero attached hydrogens (tertiary/aromatic N) is 15. The number of aromatic amines is 4. The molecule has 0 bridgehead atoms. The van der Waals surface area contributed by atoms with Gasteiger partial charge in [0.15, 0.2) is 0 Å². The molecule has 16 aromatic rings. The van der Waals surface area contributed by atoms with Gasteiger partial charge in [-0.05, 0) is 222 Å². The Morgan fingerprint density at radius 2 is 0.639 bits per heavy atom. The Labute approximate surface area is 705 Å². The van der Waals surface area contributed by atoms with E-state index < -0.39 is 51.7 Å². The molecule has 27 nitrogen and oxygen atoms in total. The van der Waals surface area contributed by atoms with E-state index in [1.807, 2.05) is 82.8 Å². The summed E-state index contributed by atoms with van der Waals surface area (Å²) in [6, 6.07) is 60.7. The second-order valence-electron chi connectivity index (χ2n) is 32.2. The molecule has 12 heterocycles. The molecule has 0 radical (unpaired) electrons. The first-order chi connectivity index (χ1) is 58.9. The van der Waals surface area contributed by atoms with E-state index in [0.29, 0.717) is 42.5 Å².